The van der Waals surface area contributed by atoms with Crippen LogP contribution in [-0.2, 0) is 16.1 Å². The fraction of sp³-hybridized carbons (Fsp3) is 0.588. The monoisotopic (exact) mass is 322 g/mol. The summed E-state index contributed by atoms with van der Waals surface area (Å²) in [6, 6.07) is 8.29. The van der Waals surface area contributed by atoms with Gasteiger partial charge in [-0.3, -0.25) is 9.69 Å². The van der Waals surface area contributed by atoms with Gasteiger partial charge in [0.15, 0.2) is 0 Å². The van der Waals surface area contributed by atoms with Gasteiger partial charge in [0.25, 0.3) is 0 Å². The number of nitrogens with zero attached hydrogens (tertiary/aromatic N) is 2. The van der Waals surface area contributed by atoms with E-state index in [1.54, 1.807) is 0 Å². The number of amides is 1. The molecular formula is C17H23ClN2O2. The summed E-state index contributed by atoms with van der Waals surface area (Å²) in [4.78, 5) is 16.8. The maximum atomic E-state index is 12.4. The zero-order valence-corrected chi connectivity index (χ0v) is 13.6. The number of hydrogen-bond acceptors (Lipinski definition) is 3. The molecule has 2 aliphatic heterocycles. The van der Waals surface area contributed by atoms with Gasteiger partial charge in [-0.05, 0) is 30.5 Å². The molecule has 2 saturated heterocycles. The Morgan fingerprint density at radius 2 is 1.82 bits per heavy atom. The van der Waals surface area contributed by atoms with Crippen LogP contribution in [0.15, 0.2) is 24.3 Å². The predicted octanol–water partition coefficient (Wildman–Crippen LogP) is 2.55. The molecule has 0 aromatic heterocycles. The molecule has 5 heteroatoms. The van der Waals surface area contributed by atoms with Crippen LogP contribution < -0.4 is 0 Å². The summed E-state index contributed by atoms with van der Waals surface area (Å²) in [5, 5.41) is 0.735. The zero-order valence-electron chi connectivity index (χ0n) is 12.8. The number of rotatable bonds is 3. The minimum Gasteiger partial charge on any atom is -0.379 e. The van der Waals surface area contributed by atoms with Crippen LogP contribution >= 0.6 is 11.6 Å². The van der Waals surface area contributed by atoms with Gasteiger partial charge in [0, 0.05) is 43.7 Å². The minimum absolute atomic E-state index is 0.269. The highest BCUT2D eigenvalue weighted by Crippen LogP contribution is 2.21. The van der Waals surface area contributed by atoms with Crippen molar-refractivity contribution in [2.75, 3.05) is 32.8 Å². The van der Waals surface area contributed by atoms with Crippen molar-refractivity contribution < 1.29 is 9.53 Å². The fourth-order valence-corrected chi connectivity index (χ4v) is 3.43. The van der Waals surface area contributed by atoms with E-state index in [1.165, 1.54) is 0 Å². The second-order valence-corrected chi connectivity index (χ2v) is 6.51. The van der Waals surface area contributed by atoms with E-state index in [1.807, 2.05) is 29.2 Å². The molecule has 2 heterocycles. The molecular weight excluding hydrogens is 300 g/mol. The summed E-state index contributed by atoms with van der Waals surface area (Å²) in [5.74, 6) is 0.269. The Morgan fingerprint density at radius 3 is 2.55 bits per heavy atom. The SMILES string of the molecule is O=C1CCC(N2CCOCC2)CCN1Cc1ccc(Cl)cc1. The third kappa shape index (κ3) is 4.00. The van der Waals surface area contributed by atoms with Crippen LogP contribution in [0.4, 0.5) is 0 Å². The molecule has 1 aromatic carbocycles. The van der Waals surface area contributed by atoms with Crippen molar-refractivity contribution in [3.8, 4) is 0 Å². The lowest BCUT2D eigenvalue weighted by Gasteiger charge is -2.33. The molecule has 22 heavy (non-hydrogen) atoms. The van der Waals surface area contributed by atoms with E-state index >= 15 is 0 Å². The van der Waals surface area contributed by atoms with E-state index in [4.69, 9.17) is 16.3 Å². The molecule has 2 fully saturated rings. The van der Waals surface area contributed by atoms with Crippen LogP contribution in [-0.4, -0.2) is 54.6 Å². The van der Waals surface area contributed by atoms with E-state index in [0.29, 0.717) is 19.0 Å². The second kappa shape index (κ2) is 7.44. The molecule has 0 radical (unpaired) electrons. The quantitative estimate of drug-likeness (QED) is 0.857. The highest BCUT2D eigenvalue weighted by atomic mass is 35.5. The Balaban J connectivity index is 1.59. The Morgan fingerprint density at radius 1 is 1.09 bits per heavy atom. The fourth-order valence-electron chi connectivity index (χ4n) is 3.31. The maximum absolute atomic E-state index is 12.4. The van der Waals surface area contributed by atoms with Gasteiger partial charge in [0.05, 0.1) is 13.2 Å². The first kappa shape index (κ1) is 15.8. The maximum Gasteiger partial charge on any atom is 0.222 e. The van der Waals surface area contributed by atoms with Crippen molar-refractivity contribution in [2.24, 2.45) is 0 Å². The van der Waals surface area contributed by atoms with Crippen molar-refractivity contribution >= 4 is 17.5 Å². The largest absolute Gasteiger partial charge is 0.379 e. The van der Waals surface area contributed by atoms with E-state index in [9.17, 15) is 4.79 Å². The lowest BCUT2D eigenvalue weighted by atomic mass is 10.1. The first-order chi connectivity index (χ1) is 10.7. The molecule has 0 spiro atoms. The minimum atomic E-state index is 0.269. The average Bonchev–Trinajstić information content (AvgIpc) is 2.73. The van der Waals surface area contributed by atoms with Gasteiger partial charge in [0.1, 0.15) is 0 Å². The van der Waals surface area contributed by atoms with Gasteiger partial charge in [-0.2, -0.15) is 0 Å². The molecule has 1 amide bonds. The van der Waals surface area contributed by atoms with Crippen LogP contribution in [0.3, 0.4) is 0 Å². The highest BCUT2D eigenvalue weighted by molar-refractivity contribution is 6.30. The van der Waals surface area contributed by atoms with Crippen LogP contribution in [0, 0.1) is 0 Å². The average molecular weight is 323 g/mol. The van der Waals surface area contributed by atoms with Crippen LogP contribution in [0.1, 0.15) is 24.8 Å². The topological polar surface area (TPSA) is 32.8 Å². The molecule has 0 N–H and O–H groups in total. The van der Waals surface area contributed by atoms with Crippen molar-refractivity contribution in [2.45, 2.75) is 31.8 Å². The predicted molar refractivity (Wildman–Crippen MR) is 86.9 cm³/mol. The van der Waals surface area contributed by atoms with Crippen LogP contribution in [0.25, 0.3) is 0 Å². The smallest absolute Gasteiger partial charge is 0.222 e. The van der Waals surface area contributed by atoms with Gasteiger partial charge >= 0.3 is 0 Å². The van der Waals surface area contributed by atoms with Gasteiger partial charge in [-0.1, -0.05) is 23.7 Å². The van der Waals surface area contributed by atoms with Gasteiger partial charge in [0.2, 0.25) is 5.91 Å². The van der Waals surface area contributed by atoms with Crippen molar-refractivity contribution in [1.29, 1.82) is 0 Å². The molecule has 1 atom stereocenters. The van der Waals surface area contributed by atoms with Crippen LogP contribution in [0.5, 0.6) is 0 Å². The number of hydrogen-bond donors (Lipinski definition) is 0. The van der Waals surface area contributed by atoms with E-state index < -0.39 is 0 Å². The first-order valence-electron chi connectivity index (χ1n) is 8.06. The number of morpholine rings is 1. The molecule has 120 valence electrons. The van der Waals surface area contributed by atoms with E-state index in [0.717, 1.165) is 56.3 Å². The van der Waals surface area contributed by atoms with E-state index in [-0.39, 0.29) is 5.91 Å². The Kier molecular flexibility index (Phi) is 5.34. The summed E-state index contributed by atoms with van der Waals surface area (Å²) in [7, 11) is 0. The van der Waals surface area contributed by atoms with Crippen molar-refractivity contribution in [1.82, 2.24) is 9.80 Å². The molecule has 3 rings (SSSR count). The summed E-state index contributed by atoms with van der Waals surface area (Å²) in [6.07, 6.45) is 2.67. The number of halogens is 1. The van der Waals surface area contributed by atoms with Crippen molar-refractivity contribution in [3.63, 3.8) is 0 Å². The molecule has 0 aliphatic carbocycles. The number of carbonyl (C=O) groups excluding carboxylic acids is 1. The van der Waals surface area contributed by atoms with E-state index in [2.05, 4.69) is 4.90 Å². The molecule has 0 bridgehead atoms. The molecule has 2 aliphatic rings. The highest BCUT2D eigenvalue weighted by Gasteiger charge is 2.27. The second-order valence-electron chi connectivity index (χ2n) is 6.07. The number of ether oxygens (including phenoxy) is 1. The number of carbonyl (C=O) groups is 1. The molecule has 0 saturated carbocycles. The summed E-state index contributed by atoms with van der Waals surface area (Å²) in [6.45, 7) is 5.15. The zero-order chi connectivity index (χ0) is 15.4. The molecule has 4 nitrogen and oxygen atoms in total. The number of likely N-dealkylation sites (tertiary alicyclic amines) is 1. The van der Waals surface area contributed by atoms with Gasteiger partial charge < -0.3 is 9.64 Å². The molecule has 1 aromatic rings. The third-order valence-corrected chi connectivity index (χ3v) is 4.88. The lowest BCUT2D eigenvalue weighted by molar-refractivity contribution is -0.131. The Labute approximate surface area is 137 Å². The summed E-state index contributed by atoms with van der Waals surface area (Å²) in [5.41, 5.74) is 1.14. The third-order valence-electron chi connectivity index (χ3n) is 4.63. The first-order valence-corrected chi connectivity index (χ1v) is 8.44. The molecule has 1 unspecified atom stereocenters. The lowest BCUT2D eigenvalue weighted by Crippen LogP contribution is -2.43. The normalized spacial score (nSPS) is 24.3. The van der Waals surface area contributed by atoms with Crippen molar-refractivity contribution in [3.05, 3.63) is 34.9 Å². The summed E-state index contributed by atoms with van der Waals surface area (Å²) >= 11 is 5.92. The standard InChI is InChI=1S/C17H23ClN2O2/c18-15-3-1-14(2-4-15)13-20-8-7-16(5-6-17(20)21)19-9-11-22-12-10-19/h1-4,16H,5-13H2. The van der Waals surface area contributed by atoms with Gasteiger partial charge in [-0.25, -0.2) is 0 Å². The van der Waals surface area contributed by atoms with Crippen LogP contribution in [0.2, 0.25) is 5.02 Å². The Bertz CT molecular complexity index is 500. The van der Waals surface area contributed by atoms with Gasteiger partial charge in [-0.15, -0.1) is 0 Å². The number of benzene rings is 1. The summed E-state index contributed by atoms with van der Waals surface area (Å²) < 4.78 is 5.42. The Hall–Kier alpha value is -1.10.